The highest BCUT2D eigenvalue weighted by Gasteiger charge is 2.56. The van der Waals surface area contributed by atoms with Crippen LogP contribution in [-0.2, 0) is 4.84 Å². The summed E-state index contributed by atoms with van der Waals surface area (Å²) in [7, 11) is 0. The molecule has 1 saturated carbocycles. The molecule has 0 aromatic heterocycles. The van der Waals surface area contributed by atoms with Crippen molar-refractivity contribution in [1.29, 1.82) is 0 Å². The van der Waals surface area contributed by atoms with Gasteiger partial charge in [0.15, 0.2) is 0 Å². The average molecular weight is 229 g/mol. The van der Waals surface area contributed by atoms with E-state index in [1.54, 1.807) is 0 Å². The number of rotatable bonds is 1. The number of piperidine rings is 1. The molecule has 3 aliphatic rings. The zero-order valence-corrected chi connectivity index (χ0v) is 10.1. The van der Waals surface area contributed by atoms with E-state index < -0.39 is 0 Å². The molecule has 2 heterocycles. The molecule has 2 bridgehead atoms. The Morgan fingerprint density at radius 1 is 1.12 bits per heavy atom. The number of hydrogen-bond acceptors (Lipinski definition) is 2. The number of nitrogens with zero attached hydrogens (tertiary/aromatic N) is 1. The molecule has 2 nitrogen and oxygen atoms in total. The van der Waals surface area contributed by atoms with Crippen LogP contribution in [0, 0.1) is 0 Å². The molecule has 90 valence electrons. The van der Waals surface area contributed by atoms with Crippen molar-refractivity contribution < 1.29 is 4.84 Å². The molecular formula is C15H19NO. The molecule has 0 N–H and O–H groups in total. The van der Waals surface area contributed by atoms with Gasteiger partial charge in [0, 0.05) is 5.54 Å². The maximum atomic E-state index is 6.11. The van der Waals surface area contributed by atoms with Gasteiger partial charge in [-0.25, -0.2) is 0 Å². The lowest BCUT2D eigenvalue weighted by Gasteiger charge is -2.38. The second-order valence-electron chi connectivity index (χ2n) is 5.85. The molecule has 3 fully saturated rings. The van der Waals surface area contributed by atoms with E-state index in [-0.39, 0.29) is 0 Å². The van der Waals surface area contributed by atoms with E-state index in [9.17, 15) is 0 Å². The first kappa shape index (κ1) is 10.1. The number of fused-ring (bicyclic) bond motifs is 3. The summed E-state index contributed by atoms with van der Waals surface area (Å²) in [6.07, 6.45) is 8.39. The Morgan fingerprint density at radius 2 is 1.88 bits per heavy atom. The summed E-state index contributed by atoms with van der Waals surface area (Å²) in [5, 5.41) is 2.38. The Labute approximate surface area is 103 Å². The number of hydroxylamine groups is 2. The second-order valence-corrected chi connectivity index (χ2v) is 5.85. The van der Waals surface area contributed by atoms with Crippen LogP contribution in [0.3, 0.4) is 0 Å². The van der Waals surface area contributed by atoms with Crippen molar-refractivity contribution in [3.63, 3.8) is 0 Å². The minimum Gasteiger partial charge on any atom is -0.294 e. The van der Waals surface area contributed by atoms with Crippen LogP contribution >= 0.6 is 0 Å². The summed E-state index contributed by atoms with van der Waals surface area (Å²) in [5.41, 5.74) is 1.82. The first-order valence-electron chi connectivity index (χ1n) is 6.88. The predicted octanol–water partition coefficient (Wildman–Crippen LogP) is 3.45. The zero-order chi connectivity index (χ0) is 11.3. The summed E-state index contributed by atoms with van der Waals surface area (Å²) in [4.78, 5) is 6.11. The third-order valence-electron chi connectivity index (χ3n) is 4.83. The van der Waals surface area contributed by atoms with E-state index >= 15 is 0 Å². The fourth-order valence-electron chi connectivity index (χ4n) is 4.10. The van der Waals surface area contributed by atoms with Gasteiger partial charge < -0.3 is 0 Å². The molecule has 1 unspecified atom stereocenters. The standard InChI is InChI=1S/C15H19NO/c1-2-6-12(7-3-1)14-10-13-11-15(16(14)17-13)8-4-5-9-15/h1-3,6-7,13-14H,4-5,8-11H2/t13-,14-/m1/s1. The van der Waals surface area contributed by atoms with Gasteiger partial charge in [-0.1, -0.05) is 43.2 Å². The van der Waals surface area contributed by atoms with E-state index in [2.05, 4.69) is 35.4 Å². The molecule has 2 saturated heterocycles. The van der Waals surface area contributed by atoms with Crippen molar-refractivity contribution in [2.45, 2.75) is 56.2 Å². The normalized spacial score (nSPS) is 38.0. The molecule has 0 amide bonds. The van der Waals surface area contributed by atoms with Crippen molar-refractivity contribution in [2.75, 3.05) is 0 Å². The van der Waals surface area contributed by atoms with Crippen molar-refractivity contribution in [2.24, 2.45) is 0 Å². The van der Waals surface area contributed by atoms with Gasteiger partial charge in [0.05, 0.1) is 12.1 Å². The zero-order valence-electron chi connectivity index (χ0n) is 10.1. The van der Waals surface area contributed by atoms with E-state index in [4.69, 9.17) is 4.84 Å². The highest BCUT2D eigenvalue weighted by Crippen LogP contribution is 2.55. The molecule has 1 aliphatic carbocycles. The molecular weight excluding hydrogens is 210 g/mol. The van der Waals surface area contributed by atoms with Crippen molar-refractivity contribution in [3.05, 3.63) is 35.9 Å². The highest BCUT2D eigenvalue weighted by molar-refractivity contribution is 5.22. The van der Waals surface area contributed by atoms with Crippen LogP contribution in [0.15, 0.2) is 30.3 Å². The van der Waals surface area contributed by atoms with Gasteiger partial charge in [0.1, 0.15) is 0 Å². The molecule has 3 atom stereocenters. The molecule has 1 aromatic carbocycles. The fraction of sp³-hybridized carbons (Fsp3) is 0.600. The maximum absolute atomic E-state index is 6.11. The molecule has 1 aromatic rings. The third-order valence-corrected chi connectivity index (χ3v) is 4.83. The van der Waals surface area contributed by atoms with E-state index in [0.29, 0.717) is 17.7 Å². The first-order chi connectivity index (χ1) is 8.37. The number of hydrogen-bond donors (Lipinski definition) is 0. The summed E-state index contributed by atoms with van der Waals surface area (Å²) in [5.74, 6) is 0. The van der Waals surface area contributed by atoms with Gasteiger partial charge in [-0.15, -0.1) is 0 Å². The Kier molecular flexibility index (Phi) is 2.12. The third kappa shape index (κ3) is 1.40. The number of benzene rings is 1. The van der Waals surface area contributed by atoms with E-state index in [1.165, 1.54) is 44.1 Å². The lowest BCUT2D eigenvalue weighted by Crippen LogP contribution is -2.43. The molecule has 1 spiro atoms. The summed E-state index contributed by atoms with van der Waals surface area (Å²) in [6, 6.07) is 11.4. The Balaban J connectivity index is 1.67. The predicted molar refractivity (Wildman–Crippen MR) is 66.3 cm³/mol. The van der Waals surface area contributed by atoms with Crippen LogP contribution in [0.4, 0.5) is 0 Å². The maximum Gasteiger partial charge on any atom is 0.0831 e. The van der Waals surface area contributed by atoms with Crippen LogP contribution in [-0.4, -0.2) is 16.7 Å². The second kappa shape index (κ2) is 3.56. The van der Waals surface area contributed by atoms with Crippen molar-refractivity contribution in [3.8, 4) is 0 Å². The van der Waals surface area contributed by atoms with Gasteiger partial charge in [-0.05, 0) is 31.2 Å². The average Bonchev–Trinajstić information content (AvgIpc) is 3.06. The lowest BCUT2D eigenvalue weighted by atomic mass is 9.82. The van der Waals surface area contributed by atoms with Crippen LogP contribution in [0.5, 0.6) is 0 Å². The molecule has 2 aliphatic heterocycles. The van der Waals surface area contributed by atoms with Gasteiger partial charge in [0.2, 0.25) is 0 Å². The van der Waals surface area contributed by atoms with Gasteiger partial charge in [-0.3, -0.25) is 4.84 Å². The van der Waals surface area contributed by atoms with Crippen LogP contribution in [0.1, 0.15) is 50.1 Å². The minimum atomic E-state index is 0.392. The quantitative estimate of drug-likeness (QED) is 0.731. The van der Waals surface area contributed by atoms with E-state index in [0.717, 1.165) is 0 Å². The van der Waals surface area contributed by atoms with Crippen LogP contribution < -0.4 is 0 Å². The van der Waals surface area contributed by atoms with Gasteiger partial charge in [-0.2, -0.15) is 5.06 Å². The smallest absolute Gasteiger partial charge is 0.0831 e. The minimum absolute atomic E-state index is 0.392. The molecule has 0 radical (unpaired) electrons. The Bertz CT molecular complexity index is 410. The van der Waals surface area contributed by atoms with Crippen molar-refractivity contribution in [1.82, 2.24) is 5.06 Å². The lowest BCUT2D eigenvalue weighted by molar-refractivity contribution is -0.166. The van der Waals surface area contributed by atoms with Crippen LogP contribution in [0.2, 0.25) is 0 Å². The molecule has 4 rings (SSSR count). The largest absolute Gasteiger partial charge is 0.294 e. The summed E-state index contributed by atoms with van der Waals surface area (Å²) < 4.78 is 0. The van der Waals surface area contributed by atoms with Gasteiger partial charge >= 0.3 is 0 Å². The van der Waals surface area contributed by atoms with E-state index in [1.807, 2.05) is 0 Å². The molecule has 17 heavy (non-hydrogen) atoms. The Hall–Kier alpha value is -0.860. The van der Waals surface area contributed by atoms with Crippen molar-refractivity contribution >= 4 is 0 Å². The highest BCUT2D eigenvalue weighted by atomic mass is 16.7. The SMILES string of the molecule is c1ccc([C@H]2C[C@@H]3CC4(CCCC4)N2O3)cc1. The monoisotopic (exact) mass is 229 g/mol. The summed E-state index contributed by atoms with van der Waals surface area (Å²) >= 11 is 0. The Morgan fingerprint density at radius 3 is 2.59 bits per heavy atom. The van der Waals surface area contributed by atoms with Crippen LogP contribution in [0.25, 0.3) is 0 Å². The fourth-order valence-corrected chi connectivity index (χ4v) is 4.10. The molecule has 2 heteroatoms. The topological polar surface area (TPSA) is 12.5 Å². The first-order valence-corrected chi connectivity index (χ1v) is 6.88. The summed E-state index contributed by atoms with van der Waals surface area (Å²) in [6.45, 7) is 0. The van der Waals surface area contributed by atoms with Gasteiger partial charge in [0.25, 0.3) is 0 Å².